The van der Waals surface area contributed by atoms with Gasteiger partial charge >= 0.3 is 0 Å². The summed E-state index contributed by atoms with van der Waals surface area (Å²) >= 11 is 0. The Morgan fingerprint density at radius 3 is 2.46 bits per heavy atom. The molecule has 3 aromatic carbocycles. The first kappa shape index (κ1) is 16.3. The Kier molecular flexibility index (Phi) is 4.13. The SMILES string of the molecule is Cc1ccc(O)c(C2=N[C@H](c3ccccc3)Cc3ccccc3C2=O)c1. The van der Waals surface area contributed by atoms with E-state index in [1.165, 1.54) is 0 Å². The predicted molar refractivity (Wildman–Crippen MR) is 103 cm³/mol. The van der Waals surface area contributed by atoms with E-state index in [0.717, 1.165) is 16.7 Å². The highest BCUT2D eigenvalue weighted by molar-refractivity contribution is 6.52. The molecule has 1 N–H and O–H groups in total. The molecular formula is C23H19NO2. The van der Waals surface area contributed by atoms with Crippen LogP contribution in [0.2, 0.25) is 0 Å². The lowest BCUT2D eigenvalue weighted by Crippen LogP contribution is -2.16. The van der Waals surface area contributed by atoms with Gasteiger partial charge in [-0.3, -0.25) is 9.79 Å². The van der Waals surface area contributed by atoms with Crippen molar-refractivity contribution in [3.63, 3.8) is 0 Å². The Labute approximate surface area is 152 Å². The second kappa shape index (κ2) is 6.60. The number of nitrogens with zero attached hydrogens (tertiary/aromatic N) is 1. The molecule has 0 unspecified atom stereocenters. The zero-order valence-corrected chi connectivity index (χ0v) is 14.5. The molecule has 0 aliphatic carbocycles. The molecule has 26 heavy (non-hydrogen) atoms. The third-order valence-electron chi connectivity index (χ3n) is 4.77. The molecule has 0 fully saturated rings. The van der Waals surface area contributed by atoms with Gasteiger partial charge in [-0.1, -0.05) is 66.2 Å². The van der Waals surface area contributed by atoms with Gasteiger partial charge < -0.3 is 5.11 Å². The monoisotopic (exact) mass is 341 g/mol. The Hall–Kier alpha value is -3.20. The first-order valence-corrected chi connectivity index (χ1v) is 8.69. The summed E-state index contributed by atoms with van der Waals surface area (Å²) in [6, 6.07) is 22.7. The van der Waals surface area contributed by atoms with Crippen molar-refractivity contribution in [2.75, 3.05) is 0 Å². The second-order valence-electron chi connectivity index (χ2n) is 6.62. The Morgan fingerprint density at radius 2 is 1.65 bits per heavy atom. The van der Waals surface area contributed by atoms with Gasteiger partial charge in [0.05, 0.1) is 6.04 Å². The van der Waals surface area contributed by atoms with Crippen LogP contribution in [0.4, 0.5) is 0 Å². The number of benzene rings is 3. The van der Waals surface area contributed by atoms with Crippen LogP contribution in [0, 0.1) is 6.92 Å². The number of hydrogen-bond donors (Lipinski definition) is 1. The van der Waals surface area contributed by atoms with Crippen molar-refractivity contribution in [2.24, 2.45) is 4.99 Å². The first-order valence-electron chi connectivity index (χ1n) is 8.69. The smallest absolute Gasteiger partial charge is 0.211 e. The number of aliphatic imine (C=N–C) groups is 1. The van der Waals surface area contributed by atoms with Crippen LogP contribution in [0.5, 0.6) is 5.75 Å². The number of hydrogen-bond acceptors (Lipinski definition) is 3. The normalized spacial score (nSPS) is 16.6. The molecule has 3 aromatic rings. The number of carbonyl (C=O) groups excluding carboxylic acids is 1. The fourth-order valence-corrected chi connectivity index (χ4v) is 3.41. The molecule has 3 nitrogen and oxygen atoms in total. The molecule has 0 radical (unpaired) electrons. The summed E-state index contributed by atoms with van der Waals surface area (Å²) in [6.45, 7) is 1.94. The zero-order chi connectivity index (χ0) is 18.1. The number of Topliss-reactive ketones (excluding diaryl/α,β-unsaturated/α-hetero) is 1. The Morgan fingerprint density at radius 1 is 0.923 bits per heavy atom. The van der Waals surface area contributed by atoms with Crippen LogP contribution in [-0.2, 0) is 6.42 Å². The molecule has 3 heteroatoms. The van der Waals surface area contributed by atoms with Crippen molar-refractivity contribution in [3.05, 3.63) is 101 Å². The molecule has 1 aliphatic heterocycles. The van der Waals surface area contributed by atoms with E-state index in [1.54, 1.807) is 6.07 Å². The minimum absolute atomic E-state index is 0.0777. The summed E-state index contributed by atoms with van der Waals surface area (Å²) in [5, 5.41) is 10.4. The van der Waals surface area contributed by atoms with Crippen molar-refractivity contribution >= 4 is 11.5 Å². The molecule has 0 amide bonds. The molecule has 0 spiro atoms. The summed E-state index contributed by atoms with van der Waals surface area (Å²) in [5.41, 5.74) is 4.49. The van der Waals surface area contributed by atoms with E-state index in [4.69, 9.17) is 4.99 Å². The minimum atomic E-state index is -0.168. The van der Waals surface area contributed by atoms with Crippen molar-refractivity contribution < 1.29 is 9.90 Å². The molecule has 1 aliphatic rings. The van der Waals surface area contributed by atoms with Gasteiger partial charge in [0.1, 0.15) is 11.5 Å². The van der Waals surface area contributed by atoms with E-state index < -0.39 is 0 Å². The van der Waals surface area contributed by atoms with E-state index in [2.05, 4.69) is 0 Å². The average molecular weight is 341 g/mol. The third-order valence-corrected chi connectivity index (χ3v) is 4.77. The Bertz CT molecular complexity index is 1010. The van der Waals surface area contributed by atoms with Crippen molar-refractivity contribution in [1.82, 2.24) is 0 Å². The van der Waals surface area contributed by atoms with Gasteiger partial charge in [-0.2, -0.15) is 0 Å². The third kappa shape index (κ3) is 2.92. The maximum Gasteiger partial charge on any atom is 0.211 e. The lowest BCUT2D eigenvalue weighted by Gasteiger charge is -2.13. The summed E-state index contributed by atoms with van der Waals surface area (Å²) in [7, 11) is 0. The lowest BCUT2D eigenvalue weighted by atomic mass is 9.94. The van der Waals surface area contributed by atoms with E-state index in [-0.39, 0.29) is 17.6 Å². The molecule has 0 saturated carbocycles. The molecule has 0 bridgehead atoms. The second-order valence-corrected chi connectivity index (χ2v) is 6.62. The summed E-state index contributed by atoms with van der Waals surface area (Å²) in [4.78, 5) is 18.1. The molecule has 128 valence electrons. The van der Waals surface area contributed by atoms with Gasteiger partial charge in [-0.25, -0.2) is 0 Å². The van der Waals surface area contributed by atoms with Gasteiger partial charge in [0.15, 0.2) is 0 Å². The fraction of sp³-hybridized carbons (Fsp3) is 0.130. The first-order chi connectivity index (χ1) is 12.6. The van der Waals surface area contributed by atoms with E-state index >= 15 is 0 Å². The van der Waals surface area contributed by atoms with E-state index in [9.17, 15) is 9.90 Å². The van der Waals surface area contributed by atoms with Gasteiger partial charge in [0, 0.05) is 11.1 Å². The number of rotatable bonds is 2. The van der Waals surface area contributed by atoms with E-state index in [0.29, 0.717) is 23.3 Å². The summed E-state index contributed by atoms with van der Waals surface area (Å²) < 4.78 is 0. The number of ketones is 1. The van der Waals surface area contributed by atoms with Crippen LogP contribution >= 0.6 is 0 Å². The predicted octanol–water partition coefficient (Wildman–Crippen LogP) is 4.67. The topological polar surface area (TPSA) is 49.7 Å². The van der Waals surface area contributed by atoms with Crippen LogP contribution in [0.3, 0.4) is 0 Å². The molecule has 1 atom stereocenters. The quantitative estimate of drug-likeness (QED) is 0.736. The Balaban J connectivity index is 1.93. The van der Waals surface area contributed by atoms with Crippen LogP contribution < -0.4 is 0 Å². The fourth-order valence-electron chi connectivity index (χ4n) is 3.41. The zero-order valence-electron chi connectivity index (χ0n) is 14.5. The van der Waals surface area contributed by atoms with Crippen LogP contribution in [-0.4, -0.2) is 16.6 Å². The highest BCUT2D eigenvalue weighted by Crippen LogP contribution is 2.31. The van der Waals surface area contributed by atoms with Gasteiger partial charge in [0.2, 0.25) is 5.78 Å². The summed E-state index contributed by atoms with van der Waals surface area (Å²) in [5.74, 6) is -0.0613. The molecule has 0 saturated heterocycles. The molecule has 0 aromatic heterocycles. The number of phenolic OH excluding ortho intramolecular Hbond substituents is 1. The number of aryl methyl sites for hydroxylation is 1. The maximum absolute atomic E-state index is 13.2. The molecule has 4 rings (SSSR count). The molecular weight excluding hydrogens is 322 g/mol. The van der Waals surface area contributed by atoms with Crippen LogP contribution in [0.1, 0.15) is 38.7 Å². The molecule has 1 heterocycles. The number of fused-ring (bicyclic) bond motifs is 1. The van der Waals surface area contributed by atoms with Crippen molar-refractivity contribution in [1.29, 1.82) is 0 Å². The highest BCUT2D eigenvalue weighted by Gasteiger charge is 2.27. The highest BCUT2D eigenvalue weighted by atomic mass is 16.3. The van der Waals surface area contributed by atoms with Crippen molar-refractivity contribution in [2.45, 2.75) is 19.4 Å². The largest absolute Gasteiger partial charge is 0.507 e. The standard InChI is InChI=1S/C23H19NO2/c1-15-11-12-21(25)19(13-15)22-23(26)18-10-6-5-9-17(18)14-20(24-22)16-7-3-2-4-8-16/h2-13,20,25H,14H2,1H3/t20-/m0/s1. The van der Waals surface area contributed by atoms with Gasteiger partial charge in [-0.15, -0.1) is 0 Å². The maximum atomic E-state index is 13.2. The number of carbonyl (C=O) groups is 1. The summed E-state index contributed by atoms with van der Waals surface area (Å²) in [6.07, 6.45) is 0.655. The number of aromatic hydroxyl groups is 1. The minimum Gasteiger partial charge on any atom is -0.507 e. The van der Waals surface area contributed by atoms with Gasteiger partial charge in [0.25, 0.3) is 0 Å². The average Bonchev–Trinajstić information content (AvgIpc) is 2.82. The van der Waals surface area contributed by atoms with Crippen molar-refractivity contribution in [3.8, 4) is 5.75 Å². The lowest BCUT2D eigenvalue weighted by molar-refractivity contribution is 0.106. The van der Waals surface area contributed by atoms with E-state index in [1.807, 2.05) is 73.7 Å². The van der Waals surface area contributed by atoms with Crippen LogP contribution in [0.25, 0.3) is 0 Å². The van der Waals surface area contributed by atoms with Gasteiger partial charge in [-0.05, 0) is 36.6 Å². The van der Waals surface area contributed by atoms with Crippen LogP contribution in [0.15, 0.2) is 77.8 Å². The number of phenols is 1.